The fraction of sp³-hybridized carbons (Fsp3) is 0.500. The zero-order valence-corrected chi connectivity index (χ0v) is 10.1. The van der Waals surface area contributed by atoms with Crippen LogP contribution in [0.1, 0.15) is 37.3 Å². The van der Waals surface area contributed by atoms with Crippen molar-refractivity contribution in [2.24, 2.45) is 5.73 Å². The SMILES string of the molecule is NC(CN1CCCCCC1=O)c1ccccc1. The van der Waals surface area contributed by atoms with E-state index in [9.17, 15) is 4.79 Å². The lowest BCUT2D eigenvalue weighted by molar-refractivity contribution is -0.130. The largest absolute Gasteiger partial charge is 0.341 e. The van der Waals surface area contributed by atoms with Crippen molar-refractivity contribution in [3.63, 3.8) is 0 Å². The average Bonchev–Trinajstić information content (AvgIpc) is 2.56. The number of hydrogen-bond donors (Lipinski definition) is 1. The van der Waals surface area contributed by atoms with Crippen LogP contribution in [-0.4, -0.2) is 23.9 Å². The first-order valence-electron chi connectivity index (χ1n) is 6.35. The molecule has 92 valence electrons. The molecule has 3 nitrogen and oxygen atoms in total. The minimum atomic E-state index is -0.0711. The molecule has 1 amide bonds. The topological polar surface area (TPSA) is 46.3 Å². The third kappa shape index (κ3) is 3.30. The van der Waals surface area contributed by atoms with E-state index >= 15 is 0 Å². The lowest BCUT2D eigenvalue weighted by Crippen LogP contribution is -2.36. The highest BCUT2D eigenvalue weighted by molar-refractivity contribution is 5.76. The van der Waals surface area contributed by atoms with E-state index in [1.54, 1.807) is 0 Å². The molecule has 0 bridgehead atoms. The van der Waals surface area contributed by atoms with Gasteiger partial charge in [-0.15, -0.1) is 0 Å². The van der Waals surface area contributed by atoms with Gasteiger partial charge in [0.05, 0.1) is 0 Å². The normalized spacial score (nSPS) is 18.9. The minimum Gasteiger partial charge on any atom is -0.341 e. The van der Waals surface area contributed by atoms with E-state index in [-0.39, 0.29) is 11.9 Å². The summed E-state index contributed by atoms with van der Waals surface area (Å²) >= 11 is 0. The second-order valence-corrected chi connectivity index (χ2v) is 4.67. The molecule has 17 heavy (non-hydrogen) atoms. The zero-order chi connectivity index (χ0) is 12.1. The Morgan fingerprint density at radius 3 is 2.71 bits per heavy atom. The van der Waals surface area contributed by atoms with Crippen molar-refractivity contribution in [1.29, 1.82) is 0 Å². The highest BCUT2D eigenvalue weighted by Crippen LogP contribution is 2.16. The second kappa shape index (κ2) is 5.82. The number of carbonyl (C=O) groups is 1. The number of carbonyl (C=O) groups excluding carboxylic acids is 1. The Morgan fingerprint density at radius 1 is 1.18 bits per heavy atom. The van der Waals surface area contributed by atoms with Gasteiger partial charge in [-0.1, -0.05) is 36.8 Å². The maximum absolute atomic E-state index is 11.9. The van der Waals surface area contributed by atoms with E-state index in [0.29, 0.717) is 13.0 Å². The summed E-state index contributed by atoms with van der Waals surface area (Å²) in [5, 5.41) is 0. The number of benzene rings is 1. The molecule has 1 atom stereocenters. The summed E-state index contributed by atoms with van der Waals surface area (Å²) in [4.78, 5) is 13.8. The summed E-state index contributed by atoms with van der Waals surface area (Å²) in [6.45, 7) is 1.50. The Morgan fingerprint density at radius 2 is 1.94 bits per heavy atom. The molecule has 1 aromatic rings. The summed E-state index contributed by atoms with van der Waals surface area (Å²) in [7, 11) is 0. The molecule has 1 heterocycles. The van der Waals surface area contributed by atoms with Crippen LogP contribution in [-0.2, 0) is 4.79 Å². The minimum absolute atomic E-state index is 0.0711. The highest BCUT2D eigenvalue weighted by atomic mass is 16.2. The van der Waals surface area contributed by atoms with Crippen LogP contribution in [0.4, 0.5) is 0 Å². The molecule has 1 aliphatic rings. The second-order valence-electron chi connectivity index (χ2n) is 4.67. The number of hydrogen-bond acceptors (Lipinski definition) is 2. The Kier molecular flexibility index (Phi) is 4.15. The van der Waals surface area contributed by atoms with Gasteiger partial charge < -0.3 is 10.6 Å². The van der Waals surface area contributed by atoms with Crippen LogP contribution in [0.5, 0.6) is 0 Å². The van der Waals surface area contributed by atoms with Crippen LogP contribution in [0.25, 0.3) is 0 Å². The van der Waals surface area contributed by atoms with Crippen LogP contribution in [0.2, 0.25) is 0 Å². The molecule has 0 radical (unpaired) electrons. The van der Waals surface area contributed by atoms with Gasteiger partial charge in [0.2, 0.25) is 5.91 Å². The van der Waals surface area contributed by atoms with Crippen molar-refractivity contribution >= 4 is 5.91 Å². The zero-order valence-electron chi connectivity index (χ0n) is 10.1. The quantitative estimate of drug-likeness (QED) is 0.867. The van der Waals surface area contributed by atoms with Crippen LogP contribution in [0, 0.1) is 0 Å². The van der Waals surface area contributed by atoms with Gasteiger partial charge in [-0.25, -0.2) is 0 Å². The summed E-state index contributed by atoms with van der Waals surface area (Å²) in [5.41, 5.74) is 7.25. The van der Waals surface area contributed by atoms with E-state index in [4.69, 9.17) is 5.73 Å². The standard InChI is InChI=1S/C14H20N2O/c15-13(12-7-3-1-4-8-12)11-16-10-6-2-5-9-14(16)17/h1,3-4,7-8,13H,2,5-6,9-11,15H2. The smallest absolute Gasteiger partial charge is 0.222 e. The van der Waals surface area contributed by atoms with Gasteiger partial charge in [0.25, 0.3) is 0 Å². The number of nitrogens with zero attached hydrogens (tertiary/aromatic N) is 1. The van der Waals surface area contributed by atoms with Crippen molar-refractivity contribution in [2.75, 3.05) is 13.1 Å². The number of rotatable bonds is 3. The van der Waals surface area contributed by atoms with Gasteiger partial charge in [0.1, 0.15) is 0 Å². The van der Waals surface area contributed by atoms with Gasteiger partial charge in [0, 0.05) is 25.6 Å². The Bertz CT molecular complexity index is 364. The van der Waals surface area contributed by atoms with Crippen LogP contribution >= 0.6 is 0 Å². The van der Waals surface area contributed by atoms with Crippen molar-refractivity contribution in [1.82, 2.24) is 4.90 Å². The fourth-order valence-electron chi connectivity index (χ4n) is 2.27. The molecular formula is C14H20N2O. The molecule has 1 fully saturated rings. The van der Waals surface area contributed by atoms with E-state index < -0.39 is 0 Å². The lowest BCUT2D eigenvalue weighted by atomic mass is 10.1. The molecule has 0 spiro atoms. The summed E-state index contributed by atoms with van der Waals surface area (Å²) in [6, 6.07) is 9.92. The van der Waals surface area contributed by atoms with Crippen LogP contribution in [0.15, 0.2) is 30.3 Å². The highest BCUT2D eigenvalue weighted by Gasteiger charge is 2.19. The van der Waals surface area contributed by atoms with E-state index in [1.165, 1.54) is 0 Å². The van der Waals surface area contributed by atoms with Crippen molar-refractivity contribution < 1.29 is 4.79 Å². The predicted molar refractivity (Wildman–Crippen MR) is 68.4 cm³/mol. The molecule has 0 aromatic heterocycles. The van der Waals surface area contributed by atoms with E-state index in [2.05, 4.69) is 0 Å². The molecule has 1 aromatic carbocycles. The monoisotopic (exact) mass is 232 g/mol. The molecule has 2 rings (SSSR count). The van der Waals surface area contributed by atoms with Gasteiger partial charge in [0.15, 0.2) is 0 Å². The first-order chi connectivity index (χ1) is 8.27. The molecular weight excluding hydrogens is 212 g/mol. The Labute approximate surface area is 103 Å². The fourth-order valence-corrected chi connectivity index (χ4v) is 2.27. The number of nitrogens with two attached hydrogens (primary N) is 1. The molecule has 1 saturated heterocycles. The van der Waals surface area contributed by atoms with Gasteiger partial charge >= 0.3 is 0 Å². The van der Waals surface area contributed by atoms with E-state index in [0.717, 1.165) is 31.4 Å². The Hall–Kier alpha value is -1.35. The maximum Gasteiger partial charge on any atom is 0.222 e. The summed E-state index contributed by atoms with van der Waals surface area (Å²) < 4.78 is 0. The molecule has 0 saturated carbocycles. The molecule has 3 heteroatoms. The summed E-state index contributed by atoms with van der Waals surface area (Å²) in [6.07, 6.45) is 3.97. The summed E-state index contributed by atoms with van der Waals surface area (Å²) in [5.74, 6) is 0.258. The third-order valence-corrected chi connectivity index (χ3v) is 3.32. The third-order valence-electron chi connectivity index (χ3n) is 3.32. The number of amides is 1. The predicted octanol–water partition coefficient (Wildman–Crippen LogP) is 2.09. The van der Waals surface area contributed by atoms with Gasteiger partial charge in [-0.2, -0.15) is 0 Å². The first-order valence-corrected chi connectivity index (χ1v) is 6.35. The van der Waals surface area contributed by atoms with Crippen LogP contribution in [0.3, 0.4) is 0 Å². The first kappa shape index (κ1) is 12.1. The molecule has 1 aliphatic heterocycles. The van der Waals surface area contributed by atoms with Gasteiger partial charge in [-0.05, 0) is 18.4 Å². The van der Waals surface area contributed by atoms with Crippen molar-refractivity contribution in [3.05, 3.63) is 35.9 Å². The molecule has 0 aliphatic carbocycles. The van der Waals surface area contributed by atoms with Crippen LogP contribution < -0.4 is 5.73 Å². The Balaban J connectivity index is 1.97. The lowest BCUT2D eigenvalue weighted by Gasteiger charge is -2.24. The van der Waals surface area contributed by atoms with E-state index in [1.807, 2.05) is 35.2 Å². The molecule has 2 N–H and O–H groups in total. The van der Waals surface area contributed by atoms with Crippen molar-refractivity contribution in [2.45, 2.75) is 31.7 Å². The van der Waals surface area contributed by atoms with Gasteiger partial charge in [-0.3, -0.25) is 4.79 Å². The van der Waals surface area contributed by atoms with Crippen molar-refractivity contribution in [3.8, 4) is 0 Å². The molecule has 1 unspecified atom stereocenters. The maximum atomic E-state index is 11.9. The number of likely N-dealkylation sites (tertiary alicyclic amines) is 1. The average molecular weight is 232 g/mol.